The molecule has 2 fully saturated rings. The summed E-state index contributed by atoms with van der Waals surface area (Å²) in [6, 6.07) is 2.19. The highest BCUT2D eigenvalue weighted by Crippen LogP contribution is 2.37. The molecule has 0 amide bonds. The van der Waals surface area contributed by atoms with E-state index in [1.54, 1.807) is 0 Å². The molecule has 2 heteroatoms. The molecule has 2 aliphatic rings. The van der Waals surface area contributed by atoms with Crippen molar-refractivity contribution in [2.75, 3.05) is 6.54 Å². The lowest BCUT2D eigenvalue weighted by molar-refractivity contribution is -0.00545. The zero-order valence-electron chi connectivity index (χ0n) is 11.9. The molecule has 0 aromatic heterocycles. The number of hydrogen-bond donors (Lipinski definition) is 1. The predicted octanol–water partition coefficient (Wildman–Crippen LogP) is 3.01. The fourth-order valence-electron chi connectivity index (χ4n) is 4.12. The molecule has 1 aliphatic carbocycles. The number of likely N-dealkylation sites (tertiary alicyclic amines) is 1. The monoisotopic (exact) mass is 238 g/mol. The molecule has 1 aliphatic heterocycles. The van der Waals surface area contributed by atoms with E-state index in [9.17, 15) is 0 Å². The number of piperidine rings is 1. The van der Waals surface area contributed by atoms with Crippen molar-refractivity contribution in [1.82, 2.24) is 4.90 Å². The lowest BCUT2D eigenvalue weighted by atomic mass is 9.75. The van der Waals surface area contributed by atoms with Crippen molar-refractivity contribution in [3.05, 3.63) is 0 Å². The predicted molar refractivity (Wildman–Crippen MR) is 74.0 cm³/mol. The van der Waals surface area contributed by atoms with Crippen molar-refractivity contribution in [1.29, 1.82) is 0 Å². The molecule has 0 aromatic rings. The molecule has 1 saturated carbocycles. The maximum absolute atomic E-state index is 6.00. The summed E-state index contributed by atoms with van der Waals surface area (Å²) < 4.78 is 0. The molecule has 0 radical (unpaired) electrons. The summed E-state index contributed by atoms with van der Waals surface area (Å²) in [4.78, 5) is 2.80. The second-order valence-corrected chi connectivity index (χ2v) is 6.45. The third kappa shape index (κ3) is 2.68. The fourth-order valence-corrected chi connectivity index (χ4v) is 4.12. The molecular formula is C15H30N2. The highest BCUT2D eigenvalue weighted by atomic mass is 15.2. The third-order valence-electron chi connectivity index (χ3n) is 5.41. The Morgan fingerprint density at radius 3 is 2.41 bits per heavy atom. The van der Waals surface area contributed by atoms with Gasteiger partial charge in [0.25, 0.3) is 0 Å². The average molecular weight is 238 g/mol. The van der Waals surface area contributed by atoms with E-state index in [1.165, 1.54) is 38.5 Å². The van der Waals surface area contributed by atoms with E-state index in [-0.39, 0.29) is 0 Å². The number of nitrogens with two attached hydrogens (primary N) is 1. The van der Waals surface area contributed by atoms with Crippen LogP contribution in [0.15, 0.2) is 0 Å². The van der Waals surface area contributed by atoms with Crippen molar-refractivity contribution in [2.24, 2.45) is 17.6 Å². The second-order valence-electron chi connectivity index (χ2n) is 6.45. The first-order chi connectivity index (χ1) is 8.15. The molecule has 17 heavy (non-hydrogen) atoms. The zero-order chi connectivity index (χ0) is 12.4. The Morgan fingerprint density at radius 1 is 1.00 bits per heavy atom. The van der Waals surface area contributed by atoms with Gasteiger partial charge >= 0.3 is 0 Å². The maximum Gasteiger partial charge on any atom is 0.0224 e. The molecule has 2 rings (SSSR count). The Hall–Kier alpha value is -0.0800. The van der Waals surface area contributed by atoms with Gasteiger partial charge in [0.15, 0.2) is 0 Å². The van der Waals surface area contributed by atoms with Crippen molar-refractivity contribution in [3.8, 4) is 0 Å². The van der Waals surface area contributed by atoms with Crippen LogP contribution in [0.25, 0.3) is 0 Å². The van der Waals surface area contributed by atoms with Gasteiger partial charge in [0.1, 0.15) is 0 Å². The Labute approximate surface area is 107 Å². The lowest BCUT2D eigenvalue weighted by Gasteiger charge is -2.50. The molecule has 100 valence electrons. The van der Waals surface area contributed by atoms with Gasteiger partial charge < -0.3 is 5.73 Å². The molecule has 0 aromatic carbocycles. The summed E-state index contributed by atoms with van der Waals surface area (Å²) in [6.07, 6.45) is 8.29. The maximum atomic E-state index is 6.00. The van der Waals surface area contributed by atoms with E-state index >= 15 is 0 Å². The molecule has 1 heterocycles. The first kappa shape index (κ1) is 13.4. The van der Waals surface area contributed by atoms with Crippen molar-refractivity contribution in [3.63, 3.8) is 0 Å². The van der Waals surface area contributed by atoms with Crippen LogP contribution in [-0.2, 0) is 0 Å². The Morgan fingerprint density at radius 2 is 1.71 bits per heavy atom. The molecule has 2 nitrogen and oxygen atoms in total. The van der Waals surface area contributed by atoms with Crippen molar-refractivity contribution in [2.45, 2.75) is 77.4 Å². The van der Waals surface area contributed by atoms with Crippen molar-refractivity contribution < 1.29 is 0 Å². The van der Waals surface area contributed by atoms with Gasteiger partial charge in [-0.3, -0.25) is 4.90 Å². The van der Waals surface area contributed by atoms with Crippen LogP contribution in [0.2, 0.25) is 0 Å². The first-order valence-corrected chi connectivity index (χ1v) is 7.62. The minimum Gasteiger partial charge on any atom is -0.329 e. The molecule has 1 saturated heterocycles. The van der Waals surface area contributed by atoms with Gasteiger partial charge in [0, 0.05) is 24.7 Å². The minimum atomic E-state index is 0.650. The lowest BCUT2D eigenvalue weighted by Crippen LogP contribution is -2.57. The number of nitrogens with zero attached hydrogens (tertiary/aromatic N) is 1. The van der Waals surface area contributed by atoms with Crippen LogP contribution in [0, 0.1) is 11.8 Å². The van der Waals surface area contributed by atoms with Crippen LogP contribution in [0.3, 0.4) is 0 Å². The second kappa shape index (κ2) is 5.71. The number of rotatable bonds is 2. The Bertz CT molecular complexity index is 241. The summed E-state index contributed by atoms with van der Waals surface area (Å²) >= 11 is 0. The van der Waals surface area contributed by atoms with Crippen LogP contribution in [0.1, 0.15) is 59.3 Å². The van der Waals surface area contributed by atoms with E-state index in [1.807, 2.05) is 0 Å². The van der Waals surface area contributed by atoms with E-state index in [0.29, 0.717) is 6.04 Å². The highest BCUT2D eigenvalue weighted by Gasteiger charge is 2.38. The smallest absolute Gasteiger partial charge is 0.0224 e. The standard InChI is InChI=1S/C15H30N2/c1-11-6-4-9-15(13(11)3)17-12(2)7-5-8-14(17)10-16/h11-15H,4-10,16H2,1-3H3. The molecule has 2 N–H and O–H groups in total. The Balaban J connectivity index is 2.11. The molecule has 0 bridgehead atoms. The summed E-state index contributed by atoms with van der Waals surface area (Å²) in [7, 11) is 0. The van der Waals surface area contributed by atoms with E-state index < -0.39 is 0 Å². The largest absolute Gasteiger partial charge is 0.329 e. The summed E-state index contributed by atoms with van der Waals surface area (Å²) in [5.74, 6) is 1.74. The quantitative estimate of drug-likeness (QED) is 0.801. The van der Waals surface area contributed by atoms with E-state index in [2.05, 4.69) is 25.7 Å². The SMILES string of the molecule is CC1CCCC(N2C(C)CCCC2CN)C1C. The summed E-state index contributed by atoms with van der Waals surface area (Å²) in [5, 5.41) is 0. The molecule has 5 atom stereocenters. The van der Waals surface area contributed by atoms with Crippen LogP contribution >= 0.6 is 0 Å². The fraction of sp³-hybridized carbons (Fsp3) is 1.00. The third-order valence-corrected chi connectivity index (χ3v) is 5.41. The average Bonchev–Trinajstić information content (AvgIpc) is 2.33. The van der Waals surface area contributed by atoms with Gasteiger partial charge in [-0.1, -0.05) is 33.1 Å². The highest BCUT2D eigenvalue weighted by molar-refractivity contribution is 4.92. The van der Waals surface area contributed by atoms with Crippen LogP contribution in [0.4, 0.5) is 0 Å². The normalized spacial score (nSPS) is 44.8. The van der Waals surface area contributed by atoms with Gasteiger partial charge in [0.05, 0.1) is 0 Å². The zero-order valence-corrected chi connectivity index (χ0v) is 11.9. The molecule has 5 unspecified atom stereocenters. The minimum absolute atomic E-state index is 0.650. The van der Waals surface area contributed by atoms with Crippen LogP contribution in [-0.4, -0.2) is 29.6 Å². The summed E-state index contributed by atoms with van der Waals surface area (Å²) in [5.41, 5.74) is 6.00. The van der Waals surface area contributed by atoms with Crippen LogP contribution < -0.4 is 5.73 Å². The number of hydrogen-bond acceptors (Lipinski definition) is 2. The van der Waals surface area contributed by atoms with Gasteiger partial charge in [-0.15, -0.1) is 0 Å². The van der Waals surface area contributed by atoms with E-state index in [0.717, 1.165) is 30.5 Å². The first-order valence-electron chi connectivity index (χ1n) is 7.62. The van der Waals surface area contributed by atoms with E-state index in [4.69, 9.17) is 5.73 Å². The van der Waals surface area contributed by atoms with Gasteiger partial charge in [-0.25, -0.2) is 0 Å². The van der Waals surface area contributed by atoms with Gasteiger partial charge in [0.2, 0.25) is 0 Å². The Kier molecular flexibility index (Phi) is 4.48. The molecule has 0 spiro atoms. The molecular weight excluding hydrogens is 208 g/mol. The van der Waals surface area contributed by atoms with Crippen molar-refractivity contribution >= 4 is 0 Å². The van der Waals surface area contributed by atoms with Gasteiger partial charge in [-0.2, -0.15) is 0 Å². The summed E-state index contributed by atoms with van der Waals surface area (Å²) in [6.45, 7) is 8.15. The van der Waals surface area contributed by atoms with Gasteiger partial charge in [-0.05, 0) is 38.0 Å². The topological polar surface area (TPSA) is 29.3 Å². The van der Waals surface area contributed by atoms with Crippen LogP contribution in [0.5, 0.6) is 0 Å².